The van der Waals surface area contributed by atoms with Gasteiger partial charge in [0.25, 0.3) is 0 Å². The Kier molecular flexibility index (Phi) is 4.11. The van der Waals surface area contributed by atoms with Crippen molar-refractivity contribution < 1.29 is 13.5 Å². The molecule has 6 heteroatoms. The van der Waals surface area contributed by atoms with Crippen molar-refractivity contribution in [1.29, 1.82) is 0 Å². The lowest BCUT2D eigenvalue weighted by atomic mass is 10.1. The summed E-state index contributed by atoms with van der Waals surface area (Å²) >= 11 is 0. The molecule has 0 radical (unpaired) electrons. The second-order valence-electron chi connectivity index (χ2n) is 4.34. The van der Waals surface area contributed by atoms with Gasteiger partial charge in [0.1, 0.15) is 0 Å². The minimum atomic E-state index is -3.12. The van der Waals surface area contributed by atoms with Crippen LogP contribution in [0, 0.1) is 0 Å². The van der Waals surface area contributed by atoms with Crippen LogP contribution in [0.15, 0.2) is 0 Å². The van der Waals surface area contributed by atoms with E-state index in [-0.39, 0.29) is 6.04 Å². The van der Waals surface area contributed by atoms with Gasteiger partial charge >= 0.3 is 0 Å². The molecule has 0 spiro atoms. The van der Waals surface area contributed by atoms with Gasteiger partial charge in [-0.3, -0.25) is 0 Å². The maximum atomic E-state index is 11.4. The second kappa shape index (κ2) is 4.78. The maximum absolute atomic E-state index is 11.4. The highest BCUT2D eigenvalue weighted by molar-refractivity contribution is 7.88. The lowest BCUT2D eigenvalue weighted by molar-refractivity contribution is 0.0739. The van der Waals surface area contributed by atoms with E-state index in [1.165, 1.54) is 10.6 Å². The molecular formula is C9H20N2O3S. The first-order valence-corrected chi connectivity index (χ1v) is 6.97. The molecule has 0 saturated carbocycles. The SMILES string of the molecule is CN(C)[C@H]1CCN(S(C)(=O)=O)CC[C@@H]1O. The molecule has 0 unspecified atom stereocenters. The minimum absolute atomic E-state index is 0.0525. The van der Waals surface area contributed by atoms with Crippen LogP contribution < -0.4 is 0 Å². The minimum Gasteiger partial charge on any atom is -0.391 e. The molecule has 1 aliphatic rings. The fraction of sp³-hybridized carbons (Fsp3) is 1.00. The van der Waals surface area contributed by atoms with Crippen molar-refractivity contribution in [2.75, 3.05) is 33.4 Å². The van der Waals surface area contributed by atoms with E-state index >= 15 is 0 Å². The predicted molar refractivity (Wildman–Crippen MR) is 59.1 cm³/mol. The first-order chi connectivity index (χ1) is 6.82. The summed E-state index contributed by atoms with van der Waals surface area (Å²) in [7, 11) is 0.695. The summed E-state index contributed by atoms with van der Waals surface area (Å²) in [5.74, 6) is 0. The van der Waals surface area contributed by atoms with Crippen LogP contribution in [0.3, 0.4) is 0 Å². The molecule has 1 rings (SSSR count). The first-order valence-electron chi connectivity index (χ1n) is 5.12. The number of likely N-dealkylation sites (N-methyl/N-ethyl adjacent to an activating group) is 1. The summed E-state index contributed by atoms with van der Waals surface area (Å²) in [4.78, 5) is 1.95. The molecule has 0 amide bonds. The van der Waals surface area contributed by atoms with Crippen molar-refractivity contribution in [3.05, 3.63) is 0 Å². The van der Waals surface area contributed by atoms with E-state index in [1.54, 1.807) is 0 Å². The van der Waals surface area contributed by atoms with E-state index in [0.717, 1.165) is 0 Å². The van der Waals surface area contributed by atoms with Crippen LogP contribution in [0.5, 0.6) is 0 Å². The van der Waals surface area contributed by atoms with Crippen LogP contribution in [0.1, 0.15) is 12.8 Å². The van der Waals surface area contributed by atoms with E-state index in [0.29, 0.717) is 25.9 Å². The molecule has 0 aliphatic carbocycles. The van der Waals surface area contributed by atoms with Gasteiger partial charge in [0.05, 0.1) is 12.4 Å². The van der Waals surface area contributed by atoms with Crippen molar-refractivity contribution in [2.45, 2.75) is 25.0 Å². The Morgan fingerprint density at radius 1 is 1.27 bits per heavy atom. The highest BCUT2D eigenvalue weighted by atomic mass is 32.2. The number of sulfonamides is 1. The molecule has 5 nitrogen and oxygen atoms in total. The molecule has 0 aromatic rings. The summed E-state index contributed by atoms with van der Waals surface area (Å²) in [5, 5.41) is 9.84. The molecule has 0 aromatic heterocycles. The number of nitrogens with zero attached hydrogens (tertiary/aromatic N) is 2. The monoisotopic (exact) mass is 236 g/mol. The number of hydrogen-bond acceptors (Lipinski definition) is 4. The van der Waals surface area contributed by atoms with Crippen LogP contribution in [-0.2, 0) is 10.0 Å². The second-order valence-corrected chi connectivity index (χ2v) is 6.32. The quantitative estimate of drug-likeness (QED) is 0.691. The third-order valence-corrected chi connectivity index (χ3v) is 4.23. The first kappa shape index (κ1) is 12.9. The van der Waals surface area contributed by atoms with Crippen molar-refractivity contribution in [3.8, 4) is 0 Å². The summed E-state index contributed by atoms with van der Waals surface area (Å²) in [5.41, 5.74) is 0. The van der Waals surface area contributed by atoms with E-state index in [4.69, 9.17) is 0 Å². The summed E-state index contributed by atoms with van der Waals surface area (Å²) in [6.07, 6.45) is 1.97. The van der Waals surface area contributed by atoms with Gasteiger partial charge in [-0.05, 0) is 26.9 Å². The Hall–Kier alpha value is -0.170. The van der Waals surface area contributed by atoms with Crippen molar-refractivity contribution in [1.82, 2.24) is 9.21 Å². The Morgan fingerprint density at radius 2 is 1.80 bits per heavy atom. The average Bonchev–Trinajstić information content (AvgIpc) is 2.25. The summed E-state index contributed by atoms with van der Waals surface area (Å²) in [6.45, 7) is 0.920. The van der Waals surface area contributed by atoms with Crippen molar-refractivity contribution in [3.63, 3.8) is 0 Å². The standard InChI is InChI=1S/C9H20N2O3S/c1-10(2)8-4-6-11(15(3,13)14)7-5-9(8)12/h8-9,12H,4-7H2,1-3H3/t8-,9-/m0/s1. The lowest BCUT2D eigenvalue weighted by Gasteiger charge is -2.26. The zero-order valence-corrected chi connectivity index (χ0v) is 10.4. The molecule has 1 fully saturated rings. The third kappa shape index (κ3) is 3.41. The van der Waals surface area contributed by atoms with Gasteiger partial charge in [-0.2, -0.15) is 0 Å². The third-order valence-electron chi connectivity index (χ3n) is 2.92. The van der Waals surface area contributed by atoms with Crippen LogP contribution in [-0.4, -0.2) is 68.3 Å². The Labute approximate surface area is 91.7 Å². The topological polar surface area (TPSA) is 60.9 Å². The predicted octanol–water partition coefficient (Wildman–Crippen LogP) is -0.667. The smallest absolute Gasteiger partial charge is 0.211 e. The van der Waals surface area contributed by atoms with E-state index in [1.807, 2.05) is 19.0 Å². The molecule has 2 atom stereocenters. The molecular weight excluding hydrogens is 216 g/mol. The lowest BCUT2D eigenvalue weighted by Crippen LogP contribution is -2.38. The van der Waals surface area contributed by atoms with E-state index < -0.39 is 16.1 Å². The van der Waals surface area contributed by atoms with Gasteiger partial charge in [0, 0.05) is 19.1 Å². The summed E-state index contributed by atoms with van der Waals surface area (Å²) in [6, 6.07) is 0.0525. The van der Waals surface area contributed by atoms with Gasteiger partial charge in [-0.1, -0.05) is 0 Å². The van der Waals surface area contributed by atoms with Crippen LogP contribution >= 0.6 is 0 Å². The Balaban J connectivity index is 2.70. The van der Waals surface area contributed by atoms with Crippen LogP contribution in [0.25, 0.3) is 0 Å². The van der Waals surface area contributed by atoms with E-state index in [2.05, 4.69) is 0 Å². The van der Waals surface area contributed by atoms with Crippen molar-refractivity contribution in [2.24, 2.45) is 0 Å². The largest absolute Gasteiger partial charge is 0.391 e. The normalized spacial score (nSPS) is 30.5. The number of hydrogen-bond donors (Lipinski definition) is 1. The summed E-state index contributed by atoms with van der Waals surface area (Å²) < 4.78 is 24.2. The van der Waals surface area contributed by atoms with Crippen LogP contribution in [0.4, 0.5) is 0 Å². The number of rotatable bonds is 2. The van der Waals surface area contributed by atoms with Gasteiger partial charge in [-0.25, -0.2) is 12.7 Å². The van der Waals surface area contributed by atoms with Gasteiger partial charge < -0.3 is 10.0 Å². The molecule has 1 heterocycles. The highest BCUT2D eigenvalue weighted by Crippen LogP contribution is 2.17. The molecule has 90 valence electrons. The van der Waals surface area contributed by atoms with Gasteiger partial charge in [0.2, 0.25) is 10.0 Å². The van der Waals surface area contributed by atoms with Crippen LogP contribution in [0.2, 0.25) is 0 Å². The fourth-order valence-electron chi connectivity index (χ4n) is 1.98. The number of aliphatic hydroxyl groups is 1. The van der Waals surface area contributed by atoms with Gasteiger partial charge in [0.15, 0.2) is 0 Å². The fourth-order valence-corrected chi connectivity index (χ4v) is 2.86. The molecule has 0 aromatic carbocycles. The molecule has 1 saturated heterocycles. The zero-order chi connectivity index (χ0) is 11.6. The Morgan fingerprint density at radius 3 is 2.27 bits per heavy atom. The average molecular weight is 236 g/mol. The molecule has 1 N–H and O–H groups in total. The maximum Gasteiger partial charge on any atom is 0.211 e. The van der Waals surface area contributed by atoms with Crippen molar-refractivity contribution >= 4 is 10.0 Å². The molecule has 1 aliphatic heterocycles. The number of aliphatic hydroxyl groups excluding tert-OH is 1. The zero-order valence-electron chi connectivity index (χ0n) is 9.55. The molecule has 0 bridgehead atoms. The highest BCUT2D eigenvalue weighted by Gasteiger charge is 2.29. The Bertz CT molecular complexity index is 302. The molecule has 15 heavy (non-hydrogen) atoms. The van der Waals surface area contributed by atoms with E-state index in [9.17, 15) is 13.5 Å². The van der Waals surface area contributed by atoms with Gasteiger partial charge in [-0.15, -0.1) is 0 Å².